The van der Waals surface area contributed by atoms with Gasteiger partial charge in [-0.15, -0.1) is 11.8 Å². The first-order valence-corrected chi connectivity index (χ1v) is 9.73. The molecule has 0 aliphatic carbocycles. The highest BCUT2D eigenvalue weighted by Gasteiger charge is 2.22. The lowest BCUT2D eigenvalue weighted by molar-refractivity contribution is -0.387. The quantitative estimate of drug-likeness (QED) is 0.445. The predicted molar refractivity (Wildman–Crippen MR) is 101 cm³/mol. The first-order valence-electron chi connectivity index (χ1n) is 8.74. The Hall–Kier alpha value is -2.41. The van der Waals surface area contributed by atoms with Crippen LogP contribution >= 0.6 is 11.8 Å². The third-order valence-corrected chi connectivity index (χ3v) is 5.55. The number of amides is 1. The van der Waals surface area contributed by atoms with Crippen LogP contribution in [0, 0.1) is 10.1 Å². The van der Waals surface area contributed by atoms with Gasteiger partial charge in [0, 0.05) is 42.9 Å². The van der Waals surface area contributed by atoms with E-state index in [-0.39, 0.29) is 11.6 Å². The molecule has 26 heavy (non-hydrogen) atoms. The van der Waals surface area contributed by atoms with Crippen molar-refractivity contribution in [2.75, 3.05) is 13.1 Å². The zero-order chi connectivity index (χ0) is 18.4. The van der Waals surface area contributed by atoms with Crippen LogP contribution in [0.2, 0.25) is 0 Å². The summed E-state index contributed by atoms with van der Waals surface area (Å²) in [7, 11) is 0. The molecule has 1 aromatic carbocycles. The van der Waals surface area contributed by atoms with Gasteiger partial charge in [0.2, 0.25) is 0 Å². The van der Waals surface area contributed by atoms with Crippen LogP contribution in [0.1, 0.15) is 41.6 Å². The van der Waals surface area contributed by atoms with Crippen molar-refractivity contribution >= 4 is 23.4 Å². The second-order valence-corrected chi connectivity index (χ2v) is 7.31. The second kappa shape index (κ2) is 8.80. The fourth-order valence-corrected chi connectivity index (χ4v) is 3.95. The maximum absolute atomic E-state index is 12.7. The molecule has 0 N–H and O–H groups in total. The Bertz CT molecular complexity index is 775. The minimum atomic E-state index is -0.412. The number of benzene rings is 1. The second-order valence-electron chi connectivity index (χ2n) is 6.30. The van der Waals surface area contributed by atoms with Crippen LogP contribution in [0.5, 0.6) is 0 Å². The molecule has 6 nitrogen and oxygen atoms in total. The summed E-state index contributed by atoms with van der Waals surface area (Å²) in [5.41, 5.74) is 1.38. The SMILES string of the molecule is O=C(c1ccc(SCc2cccnc2)c([N+](=O)[O-])c1)N1CCCCCC1. The summed E-state index contributed by atoms with van der Waals surface area (Å²) in [6.45, 7) is 1.45. The van der Waals surface area contributed by atoms with Crippen LogP contribution in [0.25, 0.3) is 0 Å². The van der Waals surface area contributed by atoms with Crippen molar-refractivity contribution in [1.82, 2.24) is 9.88 Å². The molecule has 136 valence electrons. The molecule has 2 aromatic rings. The molecule has 7 heteroatoms. The zero-order valence-corrected chi connectivity index (χ0v) is 15.3. The van der Waals surface area contributed by atoms with Gasteiger partial charge in [-0.2, -0.15) is 0 Å². The summed E-state index contributed by atoms with van der Waals surface area (Å²) in [5.74, 6) is 0.479. The van der Waals surface area contributed by atoms with Crippen molar-refractivity contribution in [3.05, 3.63) is 64.0 Å². The molecule has 1 amide bonds. The van der Waals surface area contributed by atoms with Crippen LogP contribution in [0.3, 0.4) is 0 Å². The summed E-state index contributed by atoms with van der Waals surface area (Å²) in [6, 6.07) is 8.57. The molecular formula is C19H21N3O3S. The highest BCUT2D eigenvalue weighted by molar-refractivity contribution is 7.98. The van der Waals surface area contributed by atoms with Crippen molar-refractivity contribution in [2.45, 2.75) is 36.3 Å². The Morgan fingerprint density at radius 1 is 1.19 bits per heavy atom. The normalized spacial score (nSPS) is 14.7. The fourth-order valence-electron chi connectivity index (χ4n) is 3.02. The van der Waals surface area contributed by atoms with E-state index >= 15 is 0 Å². The Labute approximate surface area is 156 Å². The van der Waals surface area contributed by atoms with Gasteiger partial charge in [-0.1, -0.05) is 18.9 Å². The Kier molecular flexibility index (Phi) is 6.22. The number of nitrogens with zero attached hydrogens (tertiary/aromatic N) is 3. The molecule has 1 fully saturated rings. The van der Waals surface area contributed by atoms with Gasteiger partial charge in [-0.25, -0.2) is 0 Å². The van der Waals surface area contributed by atoms with Gasteiger partial charge in [0.05, 0.1) is 9.82 Å². The van der Waals surface area contributed by atoms with Gasteiger partial charge in [-0.3, -0.25) is 19.9 Å². The number of carbonyl (C=O) groups is 1. The minimum Gasteiger partial charge on any atom is -0.339 e. The number of carbonyl (C=O) groups excluding carboxylic acids is 1. The number of thioether (sulfide) groups is 1. The molecule has 1 aliphatic heterocycles. The third-order valence-electron chi connectivity index (χ3n) is 4.41. The van der Waals surface area contributed by atoms with Crippen LogP contribution in [-0.4, -0.2) is 33.8 Å². The maximum Gasteiger partial charge on any atom is 0.283 e. The number of rotatable bonds is 5. The molecular weight excluding hydrogens is 350 g/mol. The van der Waals surface area contributed by atoms with Crippen molar-refractivity contribution in [3.8, 4) is 0 Å². The molecule has 0 radical (unpaired) electrons. The first-order chi connectivity index (χ1) is 12.6. The van der Waals surface area contributed by atoms with Crippen LogP contribution in [0.15, 0.2) is 47.6 Å². The van der Waals surface area contributed by atoms with E-state index in [9.17, 15) is 14.9 Å². The fraction of sp³-hybridized carbons (Fsp3) is 0.368. The van der Waals surface area contributed by atoms with E-state index < -0.39 is 4.92 Å². The van der Waals surface area contributed by atoms with Crippen molar-refractivity contribution < 1.29 is 9.72 Å². The third kappa shape index (κ3) is 4.60. The molecule has 0 atom stereocenters. The average molecular weight is 371 g/mol. The zero-order valence-electron chi connectivity index (χ0n) is 14.5. The van der Waals surface area contributed by atoms with Crippen LogP contribution in [0.4, 0.5) is 5.69 Å². The van der Waals surface area contributed by atoms with Gasteiger partial charge in [-0.05, 0) is 36.6 Å². The molecule has 0 unspecified atom stereocenters. The standard InChI is InChI=1S/C19H21N3O3S/c23-19(21-10-3-1-2-4-11-21)16-7-8-18(17(12-16)22(24)25)26-14-15-6-5-9-20-13-15/h5-9,12-13H,1-4,10-11,14H2. The van der Waals surface area contributed by atoms with Gasteiger partial charge in [0.25, 0.3) is 11.6 Å². The largest absolute Gasteiger partial charge is 0.339 e. The van der Waals surface area contributed by atoms with Crippen LogP contribution in [-0.2, 0) is 5.75 Å². The van der Waals surface area contributed by atoms with Gasteiger partial charge >= 0.3 is 0 Å². The van der Waals surface area contributed by atoms with E-state index in [0.717, 1.165) is 44.3 Å². The van der Waals surface area contributed by atoms with Crippen molar-refractivity contribution in [3.63, 3.8) is 0 Å². The Morgan fingerprint density at radius 2 is 1.96 bits per heavy atom. The van der Waals surface area contributed by atoms with E-state index in [1.807, 2.05) is 17.0 Å². The highest BCUT2D eigenvalue weighted by atomic mass is 32.2. The summed E-state index contributed by atoms with van der Waals surface area (Å²) < 4.78 is 0. The highest BCUT2D eigenvalue weighted by Crippen LogP contribution is 2.32. The number of pyridine rings is 1. The summed E-state index contributed by atoms with van der Waals surface area (Å²) in [4.78, 5) is 30.2. The number of hydrogen-bond donors (Lipinski definition) is 0. The smallest absolute Gasteiger partial charge is 0.283 e. The average Bonchev–Trinajstić information content (AvgIpc) is 2.96. The summed E-state index contributed by atoms with van der Waals surface area (Å²) in [6.07, 6.45) is 7.69. The summed E-state index contributed by atoms with van der Waals surface area (Å²) >= 11 is 1.38. The molecule has 0 bridgehead atoms. The van der Waals surface area contributed by atoms with E-state index in [1.54, 1.807) is 24.5 Å². The monoisotopic (exact) mass is 371 g/mol. The molecule has 1 saturated heterocycles. The minimum absolute atomic E-state index is 0.0143. The molecule has 3 rings (SSSR count). The number of nitro groups is 1. The lowest BCUT2D eigenvalue weighted by Gasteiger charge is -2.20. The number of likely N-dealkylation sites (tertiary alicyclic amines) is 1. The number of aromatic nitrogens is 1. The molecule has 2 heterocycles. The van der Waals surface area contributed by atoms with E-state index in [0.29, 0.717) is 16.2 Å². The Balaban J connectivity index is 1.77. The predicted octanol–water partition coefficient (Wildman–Crippen LogP) is 4.30. The lowest BCUT2D eigenvalue weighted by Crippen LogP contribution is -2.31. The van der Waals surface area contributed by atoms with E-state index in [1.165, 1.54) is 17.8 Å². The lowest BCUT2D eigenvalue weighted by atomic mass is 10.1. The number of nitro benzene ring substituents is 1. The van der Waals surface area contributed by atoms with E-state index in [2.05, 4.69) is 4.98 Å². The van der Waals surface area contributed by atoms with Gasteiger partial charge in [0.1, 0.15) is 0 Å². The summed E-state index contributed by atoms with van der Waals surface area (Å²) in [5, 5.41) is 11.5. The van der Waals surface area contributed by atoms with Gasteiger partial charge < -0.3 is 4.90 Å². The number of hydrogen-bond acceptors (Lipinski definition) is 5. The van der Waals surface area contributed by atoms with Crippen molar-refractivity contribution in [2.24, 2.45) is 0 Å². The topological polar surface area (TPSA) is 76.3 Å². The molecule has 1 aliphatic rings. The van der Waals surface area contributed by atoms with E-state index in [4.69, 9.17) is 0 Å². The first kappa shape index (κ1) is 18.4. The molecule has 0 spiro atoms. The van der Waals surface area contributed by atoms with Crippen molar-refractivity contribution in [1.29, 1.82) is 0 Å². The molecule has 0 saturated carbocycles. The Morgan fingerprint density at radius 3 is 2.62 bits per heavy atom. The van der Waals surface area contributed by atoms with Gasteiger partial charge in [0.15, 0.2) is 0 Å². The van der Waals surface area contributed by atoms with Crippen LogP contribution < -0.4 is 0 Å². The molecule has 1 aromatic heterocycles. The maximum atomic E-state index is 12.7.